The summed E-state index contributed by atoms with van der Waals surface area (Å²) in [5.74, 6) is -0.682. The highest BCUT2D eigenvalue weighted by Gasteiger charge is 2.14. The third-order valence-corrected chi connectivity index (χ3v) is 2.00. The quantitative estimate of drug-likeness (QED) is 0.558. The van der Waals surface area contributed by atoms with Crippen LogP contribution in [0.15, 0.2) is 12.1 Å². The molecule has 1 N–H and O–H groups in total. The molecule has 0 aliphatic heterocycles. The van der Waals surface area contributed by atoms with Crippen molar-refractivity contribution in [3.05, 3.63) is 33.8 Å². The van der Waals surface area contributed by atoms with Gasteiger partial charge in [-0.3, -0.25) is 15.2 Å². The van der Waals surface area contributed by atoms with Gasteiger partial charge in [-0.15, -0.1) is 0 Å². The molecule has 14 heavy (non-hydrogen) atoms. The fraction of sp³-hybridized carbons (Fsp3) is 0.125. The summed E-state index contributed by atoms with van der Waals surface area (Å²) in [4.78, 5) is 9.81. The van der Waals surface area contributed by atoms with Crippen molar-refractivity contribution in [1.82, 2.24) is 10.2 Å². The monoisotopic (exact) mass is 195 g/mol. The van der Waals surface area contributed by atoms with Crippen LogP contribution in [0, 0.1) is 22.9 Å². The van der Waals surface area contributed by atoms with Crippen molar-refractivity contribution >= 4 is 16.6 Å². The number of H-pyrrole nitrogens is 1. The number of hydrogen-bond donors (Lipinski definition) is 1. The average Bonchev–Trinajstić information content (AvgIpc) is 2.48. The first-order chi connectivity index (χ1) is 6.59. The molecule has 0 saturated heterocycles. The van der Waals surface area contributed by atoms with Crippen LogP contribution in [0.3, 0.4) is 0 Å². The number of nitro groups is 1. The van der Waals surface area contributed by atoms with Gasteiger partial charge in [-0.05, 0) is 6.92 Å². The normalized spacial score (nSPS) is 10.7. The maximum absolute atomic E-state index is 13.2. The number of halogens is 1. The summed E-state index contributed by atoms with van der Waals surface area (Å²) in [5, 5.41) is 17.1. The lowest BCUT2D eigenvalue weighted by Gasteiger charge is -1.93. The summed E-state index contributed by atoms with van der Waals surface area (Å²) in [6, 6.07) is 2.17. The molecule has 72 valence electrons. The van der Waals surface area contributed by atoms with E-state index < -0.39 is 10.7 Å². The highest BCUT2D eigenvalue weighted by molar-refractivity contribution is 5.83. The zero-order chi connectivity index (χ0) is 10.3. The van der Waals surface area contributed by atoms with Gasteiger partial charge in [0.15, 0.2) is 5.82 Å². The Bertz CT molecular complexity index is 521. The van der Waals surface area contributed by atoms with Crippen molar-refractivity contribution in [3.8, 4) is 0 Å². The number of non-ortho nitro benzene ring substituents is 1. The third-order valence-electron chi connectivity index (χ3n) is 2.00. The Hall–Kier alpha value is -1.98. The summed E-state index contributed by atoms with van der Waals surface area (Å²) >= 11 is 0. The first-order valence-corrected chi connectivity index (χ1v) is 3.88. The largest absolute Gasteiger partial charge is 0.282 e. The van der Waals surface area contributed by atoms with Crippen LogP contribution in [0.1, 0.15) is 5.69 Å². The predicted molar refractivity (Wildman–Crippen MR) is 47.4 cm³/mol. The maximum atomic E-state index is 13.2. The summed E-state index contributed by atoms with van der Waals surface area (Å²) in [6.45, 7) is 1.68. The van der Waals surface area contributed by atoms with Crippen LogP contribution < -0.4 is 0 Å². The topological polar surface area (TPSA) is 71.8 Å². The number of aromatic nitrogens is 2. The fourth-order valence-electron chi connectivity index (χ4n) is 1.29. The molecule has 2 rings (SSSR count). The molecule has 0 aliphatic carbocycles. The molecule has 0 atom stereocenters. The van der Waals surface area contributed by atoms with Gasteiger partial charge in [-0.1, -0.05) is 0 Å². The van der Waals surface area contributed by atoms with Crippen molar-refractivity contribution in [2.24, 2.45) is 0 Å². The molecule has 2 aromatic rings. The average molecular weight is 195 g/mol. The predicted octanol–water partition coefficient (Wildman–Crippen LogP) is 1.92. The second-order valence-corrected chi connectivity index (χ2v) is 2.93. The molecular formula is C8H6FN3O2. The molecule has 5 nitrogen and oxygen atoms in total. The second kappa shape index (κ2) is 2.76. The minimum absolute atomic E-state index is 0.133. The lowest BCUT2D eigenvalue weighted by Crippen LogP contribution is -1.89. The molecule has 0 bridgehead atoms. The van der Waals surface area contributed by atoms with Crippen LogP contribution in [0.4, 0.5) is 10.1 Å². The minimum atomic E-state index is -0.682. The number of nitro benzene ring substituents is 1. The number of fused-ring (bicyclic) bond motifs is 1. The van der Waals surface area contributed by atoms with Gasteiger partial charge in [-0.2, -0.15) is 5.10 Å². The van der Waals surface area contributed by atoms with E-state index in [1.807, 2.05) is 0 Å². The summed E-state index contributed by atoms with van der Waals surface area (Å²) in [7, 11) is 0. The van der Waals surface area contributed by atoms with Gasteiger partial charge < -0.3 is 0 Å². The van der Waals surface area contributed by atoms with Crippen LogP contribution in [0.5, 0.6) is 0 Å². The first-order valence-electron chi connectivity index (χ1n) is 3.88. The van der Waals surface area contributed by atoms with E-state index in [4.69, 9.17) is 0 Å². The van der Waals surface area contributed by atoms with Gasteiger partial charge in [0.2, 0.25) is 0 Å². The SMILES string of the molecule is Cc1[nH]nc2c(F)cc([N+](=O)[O-])cc12. The minimum Gasteiger partial charge on any atom is -0.282 e. The van der Waals surface area contributed by atoms with Crippen molar-refractivity contribution in [2.75, 3.05) is 0 Å². The molecule has 1 heterocycles. The van der Waals surface area contributed by atoms with Crippen LogP contribution in [0.2, 0.25) is 0 Å². The summed E-state index contributed by atoms with van der Waals surface area (Å²) < 4.78 is 13.2. The number of hydrogen-bond acceptors (Lipinski definition) is 3. The summed E-state index contributed by atoms with van der Waals surface area (Å²) in [5.41, 5.74) is 0.482. The van der Waals surface area contributed by atoms with E-state index in [0.29, 0.717) is 11.1 Å². The maximum Gasteiger partial charge on any atom is 0.273 e. The zero-order valence-electron chi connectivity index (χ0n) is 7.24. The molecule has 0 spiro atoms. The Morgan fingerprint density at radius 1 is 1.57 bits per heavy atom. The van der Waals surface area contributed by atoms with Crippen molar-refractivity contribution in [1.29, 1.82) is 0 Å². The number of aryl methyl sites for hydroxylation is 1. The Morgan fingerprint density at radius 3 is 2.93 bits per heavy atom. The lowest BCUT2D eigenvalue weighted by atomic mass is 10.2. The summed E-state index contributed by atoms with van der Waals surface area (Å²) in [6.07, 6.45) is 0. The van der Waals surface area contributed by atoms with Crippen molar-refractivity contribution in [2.45, 2.75) is 6.92 Å². The zero-order valence-corrected chi connectivity index (χ0v) is 7.24. The van der Waals surface area contributed by atoms with Gasteiger partial charge in [0, 0.05) is 17.1 Å². The van der Waals surface area contributed by atoms with E-state index in [2.05, 4.69) is 10.2 Å². The molecule has 0 amide bonds. The van der Waals surface area contributed by atoms with Crippen molar-refractivity contribution < 1.29 is 9.31 Å². The van der Waals surface area contributed by atoms with Crippen molar-refractivity contribution in [3.63, 3.8) is 0 Å². The molecular weight excluding hydrogens is 189 g/mol. The van der Waals surface area contributed by atoms with E-state index in [0.717, 1.165) is 6.07 Å². The van der Waals surface area contributed by atoms with Gasteiger partial charge in [-0.25, -0.2) is 4.39 Å². The Morgan fingerprint density at radius 2 is 2.29 bits per heavy atom. The molecule has 1 aromatic carbocycles. The lowest BCUT2D eigenvalue weighted by molar-refractivity contribution is -0.384. The van der Waals surface area contributed by atoms with Crippen LogP contribution >= 0.6 is 0 Å². The first kappa shape index (κ1) is 8.61. The van der Waals surface area contributed by atoms with Gasteiger partial charge >= 0.3 is 0 Å². The van der Waals surface area contributed by atoms with Crippen LogP contribution in [-0.4, -0.2) is 15.1 Å². The Kier molecular flexibility index (Phi) is 1.70. The van der Waals surface area contributed by atoms with Gasteiger partial charge in [0.1, 0.15) is 5.52 Å². The molecule has 0 unspecified atom stereocenters. The number of rotatable bonds is 1. The van der Waals surface area contributed by atoms with Crippen LogP contribution in [-0.2, 0) is 0 Å². The molecule has 6 heteroatoms. The molecule has 0 aliphatic rings. The smallest absolute Gasteiger partial charge is 0.273 e. The second-order valence-electron chi connectivity index (χ2n) is 2.93. The molecule has 0 radical (unpaired) electrons. The molecule has 1 aromatic heterocycles. The molecule has 0 fully saturated rings. The highest BCUT2D eigenvalue weighted by Crippen LogP contribution is 2.24. The molecule has 0 saturated carbocycles. The van der Waals surface area contributed by atoms with E-state index >= 15 is 0 Å². The number of aromatic amines is 1. The van der Waals surface area contributed by atoms with E-state index in [-0.39, 0.29) is 11.2 Å². The number of benzene rings is 1. The Balaban J connectivity index is 2.82. The number of nitrogens with zero attached hydrogens (tertiary/aromatic N) is 2. The third kappa shape index (κ3) is 1.12. The standard InChI is InChI=1S/C8H6FN3O2/c1-4-6-2-5(12(13)14)3-7(9)8(6)11-10-4/h2-3H,1H3,(H,10,11). The van der Waals surface area contributed by atoms with Gasteiger partial charge in [0.05, 0.1) is 11.0 Å². The highest BCUT2D eigenvalue weighted by atomic mass is 19.1. The van der Waals surface area contributed by atoms with E-state index in [9.17, 15) is 14.5 Å². The van der Waals surface area contributed by atoms with E-state index in [1.54, 1.807) is 6.92 Å². The number of nitrogens with one attached hydrogen (secondary N) is 1. The van der Waals surface area contributed by atoms with E-state index in [1.165, 1.54) is 6.07 Å². The van der Waals surface area contributed by atoms with Gasteiger partial charge in [0.25, 0.3) is 5.69 Å². The Labute approximate surface area is 77.7 Å². The fourth-order valence-corrected chi connectivity index (χ4v) is 1.29. The van der Waals surface area contributed by atoms with Crippen LogP contribution in [0.25, 0.3) is 10.9 Å².